The summed E-state index contributed by atoms with van der Waals surface area (Å²) in [5.41, 5.74) is 6.17. The Morgan fingerprint density at radius 1 is 1.04 bits per heavy atom. The number of fused-ring (bicyclic) bond motifs is 1. The number of aromatic nitrogens is 2. The van der Waals surface area contributed by atoms with Crippen LogP contribution in [-0.4, -0.2) is 40.5 Å². The zero-order valence-corrected chi connectivity index (χ0v) is 14.2. The first-order chi connectivity index (χ1) is 11.8. The predicted octanol–water partition coefficient (Wildman–Crippen LogP) is 2.64. The molecule has 1 aliphatic rings. The zero-order chi connectivity index (χ0) is 16.4. The van der Waals surface area contributed by atoms with Gasteiger partial charge >= 0.3 is 0 Å². The summed E-state index contributed by atoms with van der Waals surface area (Å²) >= 11 is 0. The van der Waals surface area contributed by atoms with Gasteiger partial charge in [0, 0.05) is 45.3 Å². The molecule has 1 aromatic carbocycles. The quantitative estimate of drug-likeness (QED) is 0.802. The summed E-state index contributed by atoms with van der Waals surface area (Å²) in [5.74, 6) is 0. The van der Waals surface area contributed by atoms with Gasteiger partial charge in [0.1, 0.15) is 5.65 Å². The Hall–Kier alpha value is -2.17. The van der Waals surface area contributed by atoms with Gasteiger partial charge in [-0.15, -0.1) is 0 Å². The van der Waals surface area contributed by atoms with Crippen LogP contribution in [0.25, 0.3) is 5.65 Å². The van der Waals surface area contributed by atoms with Crippen molar-refractivity contribution in [3.63, 3.8) is 0 Å². The third-order valence-electron chi connectivity index (χ3n) is 4.75. The fraction of sp³-hybridized carbons (Fsp3) is 0.350. The van der Waals surface area contributed by atoms with E-state index in [0.717, 1.165) is 44.8 Å². The van der Waals surface area contributed by atoms with E-state index in [-0.39, 0.29) is 0 Å². The summed E-state index contributed by atoms with van der Waals surface area (Å²) in [6.45, 7) is 7.46. The van der Waals surface area contributed by atoms with Gasteiger partial charge < -0.3 is 9.72 Å². The van der Waals surface area contributed by atoms with Crippen LogP contribution in [0, 0.1) is 6.92 Å². The molecule has 1 aliphatic heterocycles. The fourth-order valence-electron chi connectivity index (χ4n) is 3.43. The first-order valence-electron chi connectivity index (χ1n) is 8.73. The Balaban J connectivity index is 1.72. The van der Waals surface area contributed by atoms with E-state index in [9.17, 15) is 0 Å². The van der Waals surface area contributed by atoms with Crippen molar-refractivity contribution in [3.05, 3.63) is 71.2 Å². The molecule has 4 nitrogen and oxygen atoms in total. The van der Waals surface area contributed by atoms with Gasteiger partial charge in [0.05, 0.1) is 11.4 Å². The lowest BCUT2D eigenvalue weighted by Crippen LogP contribution is -2.43. The highest BCUT2D eigenvalue weighted by Gasteiger charge is 2.17. The molecule has 0 amide bonds. The van der Waals surface area contributed by atoms with Gasteiger partial charge in [-0.05, 0) is 24.1 Å². The van der Waals surface area contributed by atoms with Crippen molar-refractivity contribution in [3.8, 4) is 0 Å². The van der Waals surface area contributed by atoms with Crippen LogP contribution in [-0.2, 0) is 13.0 Å². The number of hydrogen-bond acceptors (Lipinski definition) is 3. The third-order valence-corrected chi connectivity index (χ3v) is 4.75. The first-order valence-corrected chi connectivity index (χ1v) is 8.73. The second-order valence-electron chi connectivity index (χ2n) is 6.63. The van der Waals surface area contributed by atoms with E-state index in [1.165, 1.54) is 22.5 Å². The molecule has 0 unspecified atom stereocenters. The zero-order valence-electron chi connectivity index (χ0n) is 14.2. The van der Waals surface area contributed by atoms with Gasteiger partial charge in [0.25, 0.3) is 0 Å². The van der Waals surface area contributed by atoms with E-state index in [1.807, 2.05) is 0 Å². The molecule has 3 aromatic rings. The molecule has 1 saturated heterocycles. The van der Waals surface area contributed by atoms with E-state index >= 15 is 0 Å². The second kappa shape index (κ2) is 6.75. The maximum atomic E-state index is 4.94. The molecule has 1 fully saturated rings. The molecule has 4 heteroatoms. The van der Waals surface area contributed by atoms with Crippen LogP contribution < -0.4 is 5.32 Å². The van der Waals surface area contributed by atoms with Crippen LogP contribution in [0.4, 0.5) is 0 Å². The number of benzene rings is 1. The number of pyridine rings is 1. The smallest absolute Gasteiger partial charge is 0.137 e. The summed E-state index contributed by atoms with van der Waals surface area (Å²) in [7, 11) is 0. The van der Waals surface area contributed by atoms with Crippen LogP contribution in [0.3, 0.4) is 0 Å². The minimum absolute atomic E-state index is 0.892. The summed E-state index contributed by atoms with van der Waals surface area (Å²) in [4.78, 5) is 7.46. The molecule has 124 valence electrons. The standard InChI is InChI=1S/C20H24N4/c1-16-7-8-20-22-18(13-17-5-3-2-4-6-17)19(24(20)14-16)15-23-11-9-21-10-12-23/h2-8,14,21H,9-13,15H2,1H3. The Morgan fingerprint density at radius 2 is 1.83 bits per heavy atom. The molecule has 3 heterocycles. The number of nitrogens with zero attached hydrogens (tertiary/aromatic N) is 3. The molecule has 0 bridgehead atoms. The van der Waals surface area contributed by atoms with Crippen molar-refractivity contribution in [2.24, 2.45) is 0 Å². The highest BCUT2D eigenvalue weighted by molar-refractivity contribution is 5.45. The van der Waals surface area contributed by atoms with Gasteiger partial charge in [-0.25, -0.2) is 4.98 Å². The molecule has 0 atom stereocenters. The number of piperazine rings is 1. The van der Waals surface area contributed by atoms with Crippen molar-refractivity contribution >= 4 is 5.65 Å². The van der Waals surface area contributed by atoms with Gasteiger partial charge in [0.2, 0.25) is 0 Å². The monoisotopic (exact) mass is 320 g/mol. The number of aryl methyl sites for hydroxylation is 1. The number of imidazole rings is 1. The number of hydrogen-bond donors (Lipinski definition) is 1. The topological polar surface area (TPSA) is 32.6 Å². The van der Waals surface area contributed by atoms with Crippen molar-refractivity contribution in [2.75, 3.05) is 26.2 Å². The summed E-state index contributed by atoms with van der Waals surface area (Å²) in [6, 6.07) is 14.9. The fourth-order valence-corrected chi connectivity index (χ4v) is 3.43. The maximum Gasteiger partial charge on any atom is 0.137 e. The molecule has 4 rings (SSSR count). The average Bonchev–Trinajstić information content (AvgIpc) is 2.94. The van der Waals surface area contributed by atoms with E-state index < -0.39 is 0 Å². The van der Waals surface area contributed by atoms with Crippen molar-refractivity contribution in [1.29, 1.82) is 0 Å². The second-order valence-corrected chi connectivity index (χ2v) is 6.63. The molecular formula is C20H24N4. The van der Waals surface area contributed by atoms with Crippen molar-refractivity contribution in [1.82, 2.24) is 19.6 Å². The maximum absolute atomic E-state index is 4.94. The van der Waals surface area contributed by atoms with E-state index in [2.05, 4.69) is 70.2 Å². The largest absolute Gasteiger partial charge is 0.314 e. The normalized spacial score (nSPS) is 15.9. The average molecular weight is 320 g/mol. The van der Waals surface area contributed by atoms with Crippen LogP contribution in [0.15, 0.2) is 48.7 Å². The van der Waals surface area contributed by atoms with E-state index in [1.54, 1.807) is 0 Å². The van der Waals surface area contributed by atoms with E-state index in [4.69, 9.17) is 4.98 Å². The van der Waals surface area contributed by atoms with Crippen LogP contribution in [0.5, 0.6) is 0 Å². The highest BCUT2D eigenvalue weighted by Crippen LogP contribution is 2.19. The van der Waals surface area contributed by atoms with Crippen LogP contribution >= 0.6 is 0 Å². The van der Waals surface area contributed by atoms with Crippen LogP contribution in [0.1, 0.15) is 22.5 Å². The summed E-state index contributed by atoms with van der Waals surface area (Å²) in [5, 5.41) is 3.43. The highest BCUT2D eigenvalue weighted by atomic mass is 15.2. The molecular weight excluding hydrogens is 296 g/mol. The van der Waals surface area contributed by atoms with Gasteiger partial charge in [0.15, 0.2) is 0 Å². The Kier molecular flexibility index (Phi) is 4.32. The van der Waals surface area contributed by atoms with Crippen molar-refractivity contribution < 1.29 is 0 Å². The lowest BCUT2D eigenvalue weighted by molar-refractivity contribution is 0.229. The molecule has 2 aromatic heterocycles. The van der Waals surface area contributed by atoms with Gasteiger partial charge in [-0.1, -0.05) is 36.4 Å². The predicted molar refractivity (Wildman–Crippen MR) is 97.3 cm³/mol. The Morgan fingerprint density at radius 3 is 2.62 bits per heavy atom. The number of nitrogens with one attached hydrogen (secondary N) is 1. The molecule has 0 spiro atoms. The minimum Gasteiger partial charge on any atom is -0.314 e. The SMILES string of the molecule is Cc1ccc2nc(Cc3ccccc3)c(CN3CCNCC3)n2c1. The first kappa shape index (κ1) is 15.4. The van der Waals surface area contributed by atoms with E-state index in [0.29, 0.717) is 0 Å². The summed E-state index contributed by atoms with van der Waals surface area (Å²) in [6.07, 6.45) is 3.11. The lowest BCUT2D eigenvalue weighted by Gasteiger charge is -2.27. The van der Waals surface area contributed by atoms with Gasteiger partial charge in [-0.3, -0.25) is 4.90 Å². The third kappa shape index (κ3) is 3.21. The summed E-state index contributed by atoms with van der Waals surface area (Å²) < 4.78 is 2.29. The molecule has 0 aliphatic carbocycles. The molecule has 0 radical (unpaired) electrons. The van der Waals surface area contributed by atoms with Gasteiger partial charge in [-0.2, -0.15) is 0 Å². The Labute approximate surface area is 143 Å². The van der Waals surface area contributed by atoms with Crippen LogP contribution in [0.2, 0.25) is 0 Å². The van der Waals surface area contributed by atoms with Crippen molar-refractivity contribution in [2.45, 2.75) is 19.9 Å². The Bertz CT molecular complexity index is 816. The molecule has 24 heavy (non-hydrogen) atoms. The number of rotatable bonds is 4. The molecule has 0 saturated carbocycles. The lowest BCUT2D eigenvalue weighted by atomic mass is 10.1. The molecule has 1 N–H and O–H groups in total. The minimum atomic E-state index is 0.892.